The monoisotopic (exact) mass is 186 g/mol. The molecule has 2 heterocycles. The Morgan fingerprint density at radius 3 is 2.93 bits per heavy atom. The molecule has 0 spiro atoms. The molecule has 0 saturated heterocycles. The first-order valence-corrected chi connectivity index (χ1v) is 3.83. The van der Waals surface area contributed by atoms with E-state index in [0.717, 1.165) is 0 Å². The van der Waals surface area contributed by atoms with Crippen LogP contribution < -0.4 is 5.73 Å². The Kier molecular flexibility index (Phi) is 1.84. The third-order valence-electron chi connectivity index (χ3n) is 1.62. The van der Waals surface area contributed by atoms with Crippen LogP contribution in [0, 0.1) is 11.3 Å². The zero-order chi connectivity index (χ0) is 9.97. The van der Waals surface area contributed by atoms with Gasteiger partial charge in [0.2, 0.25) is 5.95 Å². The lowest BCUT2D eigenvalue weighted by atomic mass is 10.3. The molecule has 68 valence electrons. The van der Waals surface area contributed by atoms with Crippen molar-refractivity contribution < 1.29 is 0 Å². The Hall–Kier alpha value is -2.42. The van der Waals surface area contributed by atoms with Crippen molar-refractivity contribution in [3.63, 3.8) is 0 Å². The SMILES string of the molecule is N#Cc1ccnc(-n2cnc(N)n2)c1. The first-order chi connectivity index (χ1) is 6.79. The lowest BCUT2D eigenvalue weighted by Gasteiger charge is -1.97. The first kappa shape index (κ1) is 8.19. The Morgan fingerprint density at radius 2 is 2.29 bits per heavy atom. The number of nitriles is 1. The van der Waals surface area contributed by atoms with E-state index in [2.05, 4.69) is 15.1 Å². The van der Waals surface area contributed by atoms with Gasteiger partial charge in [-0.1, -0.05) is 0 Å². The molecule has 0 aromatic carbocycles. The summed E-state index contributed by atoms with van der Waals surface area (Å²) in [5, 5.41) is 12.5. The number of pyridine rings is 1. The molecule has 0 aliphatic heterocycles. The van der Waals surface area contributed by atoms with Gasteiger partial charge in [0.05, 0.1) is 11.6 Å². The predicted octanol–water partition coefficient (Wildman–Crippen LogP) is 0.116. The van der Waals surface area contributed by atoms with E-state index in [1.54, 1.807) is 12.1 Å². The second kappa shape index (κ2) is 3.14. The van der Waals surface area contributed by atoms with E-state index >= 15 is 0 Å². The zero-order valence-corrected chi connectivity index (χ0v) is 7.12. The van der Waals surface area contributed by atoms with E-state index in [-0.39, 0.29) is 5.95 Å². The molecule has 6 heteroatoms. The summed E-state index contributed by atoms with van der Waals surface area (Å²) in [7, 11) is 0. The van der Waals surface area contributed by atoms with E-state index < -0.39 is 0 Å². The topological polar surface area (TPSA) is 93.4 Å². The van der Waals surface area contributed by atoms with Crippen molar-refractivity contribution in [2.24, 2.45) is 0 Å². The highest BCUT2D eigenvalue weighted by Gasteiger charge is 2.01. The number of rotatable bonds is 1. The molecule has 0 atom stereocenters. The summed E-state index contributed by atoms with van der Waals surface area (Å²) in [6, 6.07) is 5.23. The highest BCUT2D eigenvalue weighted by atomic mass is 15.4. The van der Waals surface area contributed by atoms with Crippen LogP contribution in [0.3, 0.4) is 0 Å². The molecule has 2 N–H and O–H groups in total. The molecule has 6 nitrogen and oxygen atoms in total. The summed E-state index contributed by atoms with van der Waals surface area (Å²) >= 11 is 0. The molecular formula is C8H6N6. The number of nitrogens with two attached hydrogens (primary N) is 1. The highest BCUT2D eigenvalue weighted by Crippen LogP contribution is 2.05. The van der Waals surface area contributed by atoms with Crippen LogP contribution in [0.5, 0.6) is 0 Å². The van der Waals surface area contributed by atoms with E-state index in [4.69, 9.17) is 11.0 Å². The van der Waals surface area contributed by atoms with Gasteiger partial charge < -0.3 is 5.73 Å². The minimum Gasteiger partial charge on any atom is -0.366 e. The third-order valence-corrected chi connectivity index (χ3v) is 1.62. The summed E-state index contributed by atoms with van der Waals surface area (Å²) in [6.07, 6.45) is 2.98. The van der Waals surface area contributed by atoms with Crippen LogP contribution in [0.25, 0.3) is 5.82 Å². The van der Waals surface area contributed by atoms with Gasteiger partial charge in [-0.2, -0.15) is 5.26 Å². The Balaban J connectivity index is 2.47. The van der Waals surface area contributed by atoms with Gasteiger partial charge in [-0.3, -0.25) is 0 Å². The summed E-state index contributed by atoms with van der Waals surface area (Å²) in [5.41, 5.74) is 5.87. The third kappa shape index (κ3) is 1.38. The molecule has 0 radical (unpaired) electrons. The molecule has 0 amide bonds. The lowest BCUT2D eigenvalue weighted by Crippen LogP contribution is -1.99. The van der Waals surface area contributed by atoms with Crippen LogP contribution in [0.4, 0.5) is 5.95 Å². The number of hydrogen-bond donors (Lipinski definition) is 1. The first-order valence-electron chi connectivity index (χ1n) is 3.83. The van der Waals surface area contributed by atoms with E-state index in [1.807, 2.05) is 6.07 Å². The predicted molar refractivity (Wildman–Crippen MR) is 48.3 cm³/mol. The van der Waals surface area contributed by atoms with Crippen LogP contribution in [-0.2, 0) is 0 Å². The van der Waals surface area contributed by atoms with Crippen molar-refractivity contribution in [2.45, 2.75) is 0 Å². The highest BCUT2D eigenvalue weighted by molar-refractivity contribution is 5.35. The van der Waals surface area contributed by atoms with E-state index in [0.29, 0.717) is 11.4 Å². The summed E-state index contributed by atoms with van der Waals surface area (Å²) in [4.78, 5) is 7.78. The van der Waals surface area contributed by atoms with Crippen molar-refractivity contribution in [3.05, 3.63) is 30.2 Å². The number of aromatic nitrogens is 4. The molecule has 0 bridgehead atoms. The smallest absolute Gasteiger partial charge is 0.239 e. The van der Waals surface area contributed by atoms with Crippen molar-refractivity contribution >= 4 is 5.95 Å². The van der Waals surface area contributed by atoms with Gasteiger partial charge >= 0.3 is 0 Å². The molecule has 0 aliphatic carbocycles. The van der Waals surface area contributed by atoms with Crippen molar-refractivity contribution in [1.82, 2.24) is 19.7 Å². The van der Waals surface area contributed by atoms with Crippen molar-refractivity contribution in [2.75, 3.05) is 5.73 Å². The maximum absolute atomic E-state index is 8.67. The maximum Gasteiger partial charge on any atom is 0.239 e. The van der Waals surface area contributed by atoms with Crippen LogP contribution in [-0.4, -0.2) is 19.7 Å². The molecular weight excluding hydrogens is 180 g/mol. The fourth-order valence-corrected chi connectivity index (χ4v) is 0.999. The average Bonchev–Trinajstić information content (AvgIpc) is 2.65. The Bertz CT molecular complexity index is 495. The molecule has 2 aromatic heterocycles. The molecule has 14 heavy (non-hydrogen) atoms. The van der Waals surface area contributed by atoms with Crippen LogP contribution in [0.2, 0.25) is 0 Å². The van der Waals surface area contributed by atoms with Gasteiger partial charge in [-0.15, -0.1) is 5.10 Å². The number of hydrogen-bond acceptors (Lipinski definition) is 5. The van der Waals surface area contributed by atoms with Gasteiger partial charge in [0.15, 0.2) is 5.82 Å². The van der Waals surface area contributed by atoms with Gasteiger partial charge in [-0.25, -0.2) is 14.6 Å². The standard InChI is InChI=1S/C8H6N6/c9-4-6-1-2-11-7(3-6)14-5-12-8(10)13-14/h1-3,5H,(H2,10,13). The van der Waals surface area contributed by atoms with Crippen molar-refractivity contribution in [1.29, 1.82) is 5.26 Å². The Morgan fingerprint density at radius 1 is 1.43 bits per heavy atom. The minimum atomic E-state index is 0.175. The molecule has 0 fully saturated rings. The fourth-order valence-electron chi connectivity index (χ4n) is 0.999. The molecule has 2 aromatic rings. The summed E-state index contributed by atoms with van der Waals surface area (Å²) in [5.74, 6) is 0.697. The van der Waals surface area contributed by atoms with Gasteiger partial charge in [0, 0.05) is 12.3 Å². The zero-order valence-electron chi connectivity index (χ0n) is 7.12. The lowest BCUT2D eigenvalue weighted by molar-refractivity contribution is 0.848. The van der Waals surface area contributed by atoms with Crippen LogP contribution in [0.1, 0.15) is 5.56 Å². The van der Waals surface area contributed by atoms with Gasteiger partial charge in [0.25, 0.3) is 0 Å². The quantitative estimate of drug-likeness (QED) is 0.682. The number of anilines is 1. The minimum absolute atomic E-state index is 0.175. The number of nitrogen functional groups attached to an aromatic ring is 1. The number of nitrogens with zero attached hydrogens (tertiary/aromatic N) is 5. The molecule has 2 rings (SSSR count). The normalized spacial score (nSPS) is 9.64. The fraction of sp³-hybridized carbons (Fsp3) is 0. The molecule has 0 saturated carbocycles. The van der Waals surface area contributed by atoms with Gasteiger partial charge in [-0.05, 0) is 6.07 Å². The summed E-state index contributed by atoms with van der Waals surface area (Å²) < 4.78 is 1.41. The van der Waals surface area contributed by atoms with E-state index in [1.165, 1.54) is 17.2 Å². The second-order valence-corrected chi connectivity index (χ2v) is 2.56. The summed E-state index contributed by atoms with van der Waals surface area (Å²) in [6.45, 7) is 0. The van der Waals surface area contributed by atoms with Gasteiger partial charge in [0.1, 0.15) is 6.33 Å². The largest absolute Gasteiger partial charge is 0.366 e. The second-order valence-electron chi connectivity index (χ2n) is 2.56. The van der Waals surface area contributed by atoms with Crippen LogP contribution in [0.15, 0.2) is 24.7 Å². The molecule has 0 unspecified atom stereocenters. The van der Waals surface area contributed by atoms with E-state index in [9.17, 15) is 0 Å². The maximum atomic E-state index is 8.67. The average molecular weight is 186 g/mol. The molecule has 0 aliphatic rings. The van der Waals surface area contributed by atoms with Crippen molar-refractivity contribution in [3.8, 4) is 11.9 Å². The Labute approximate surface area is 79.6 Å². The van der Waals surface area contributed by atoms with Crippen LogP contribution >= 0.6 is 0 Å².